The lowest BCUT2D eigenvalue weighted by Crippen LogP contribution is -2.42. The highest BCUT2D eigenvalue weighted by Crippen LogP contribution is 2.44. The van der Waals surface area contributed by atoms with Crippen molar-refractivity contribution in [2.45, 2.75) is 52.2 Å². The van der Waals surface area contributed by atoms with E-state index in [9.17, 15) is 19.5 Å². The molecule has 0 radical (unpaired) electrons. The van der Waals surface area contributed by atoms with Crippen molar-refractivity contribution in [3.05, 3.63) is 46.3 Å². The van der Waals surface area contributed by atoms with Crippen LogP contribution in [0.25, 0.3) is 0 Å². The number of ketones is 2. The molecule has 6 nitrogen and oxygen atoms in total. The number of carbonyl (C=O) groups excluding carboxylic acids is 3. The zero-order valence-electron chi connectivity index (χ0n) is 15.4. The first kappa shape index (κ1) is 18.3. The molecule has 2 N–H and O–H groups in total. The Hall–Kier alpha value is -2.47. The van der Waals surface area contributed by atoms with Crippen molar-refractivity contribution in [1.29, 1.82) is 0 Å². The third-order valence-corrected chi connectivity index (χ3v) is 5.13. The molecule has 3 atom stereocenters. The lowest BCUT2D eigenvalue weighted by molar-refractivity contribution is -0.153. The number of aliphatic hydroxyl groups excluding tert-OH is 1. The molecule has 2 aliphatic heterocycles. The summed E-state index contributed by atoms with van der Waals surface area (Å²) in [5.74, 6) is -1.72. The summed E-state index contributed by atoms with van der Waals surface area (Å²) in [7, 11) is 0. The Kier molecular flexibility index (Phi) is 4.48. The van der Waals surface area contributed by atoms with Gasteiger partial charge in [0.05, 0.1) is 6.10 Å². The van der Waals surface area contributed by atoms with E-state index < -0.39 is 17.7 Å². The minimum Gasteiger partial charge on any atom is -0.442 e. The molecule has 0 bridgehead atoms. The lowest BCUT2D eigenvalue weighted by atomic mass is 9.76. The van der Waals surface area contributed by atoms with E-state index in [4.69, 9.17) is 4.74 Å². The number of aliphatic hydroxyl groups is 1. The molecule has 0 spiro atoms. The third kappa shape index (κ3) is 2.74. The highest BCUT2D eigenvalue weighted by molar-refractivity contribution is 6.25. The first-order valence-corrected chi connectivity index (χ1v) is 8.83. The summed E-state index contributed by atoms with van der Waals surface area (Å²) in [6, 6.07) is 0. The number of hydrogen-bond donors (Lipinski definition) is 2. The molecule has 138 valence electrons. The van der Waals surface area contributed by atoms with Crippen LogP contribution in [0.1, 0.15) is 40.5 Å². The van der Waals surface area contributed by atoms with Crippen LogP contribution in [0.15, 0.2) is 46.3 Å². The number of ether oxygens (including phenoxy) is 1. The molecule has 0 saturated heterocycles. The van der Waals surface area contributed by atoms with Crippen LogP contribution in [0.2, 0.25) is 0 Å². The maximum Gasteiger partial charge on any atom is 0.343 e. The number of hydrogen-bond acceptors (Lipinski definition) is 6. The maximum atomic E-state index is 13.0. The van der Waals surface area contributed by atoms with Crippen molar-refractivity contribution < 1.29 is 24.2 Å². The quantitative estimate of drug-likeness (QED) is 0.576. The molecular weight excluding hydrogens is 334 g/mol. The van der Waals surface area contributed by atoms with Crippen LogP contribution < -0.4 is 5.32 Å². The molecule has 0 fully saturated rings. The Morgan fingerprint density at radius 2 is 2.00 bits per heavy atom. The number of dihydropyridines is 1. The molecule has 0 aromatic heterocycles. The maximum absolute atomic E-state index is 13.0. The Morgan fingerprint density at radius 1 is 1.31 bits per heavy atom. The molecule has 3 aliphatic rings. The summed E-state index contributed by atoms with van der Waals surface area (Å²) in [6.07, 6.45) is 5.48. The third-order valence-electron chi connectivity index (χ3n) is 5.13. The van der Waals surface area contributed by atoms with Gasteiger partial charge in [-0.3, -0.25) is 9.59 Å². The zero-order valence-corrected chi connectivity index (χ0v) is 15.4. The van der Waals surface area contributed by atoms with Crippen LogP contribution in [-0.4, -0.2) is 34.3 Å². The van der Waals surface area contributed by atoms with Crippen molar-refractivity contribution in [1.82, 2.24) is 5.32 Å². The van der Waals surface area contributed by atoms with E-state index in [1.165, 1.54) is 6.92 Å². The van der Waals surface area contributed by atoms with Crippen molar-refractivity contribution in [2.75, 3.05) is 0 Å². The van der Waals surface area contributed by atoms with Crippen molar-refractivity contribution in [3.63, 3.8) is 0 Å². The molecular formula is C20H23NO5. The largest absolute Gasteiger partial charge is 0.442 e. The fraction of sp³-hybridized carbons (Fsp3) is 0.450. The second kappa shape index (κ2) is 6.36. The minimum absolute atomic E-state index is 0.0224. The fourth-order valence-corrected chi connectivity index (χ4v) is 3.40. The van der Waals surface area contributed by atoms with Crippen LogP contribution >= 0.6 is 0 Å². The minimum atomic E-state index is -1.47. The lowest BCUT2D eigenvalue weighted by Gasteiger charge is -2.31. The molecule has 0 saturated carbocycles. The van der Waals surface area contributed by atoms with E-state index in [-0.39, 0.29) is 23.1 Å². The highest BCUT2D eigenvalue weighted by Gasteiger charge is 2.54. The number of nitrogens with one attached hydrogen (secondary N) is 1. The Morgan fingerprint density at radius 3 is 2.62 bits per heavy atom. The van der Waals surface area contributed by atoms with E-state index in [0.29, 0.717) is 29.6 Å². The average molecular weight is 357 g/mol. The Bertz CT molecular complexity index is 827. The molecule has 0 aromatic carbocycles. The van der Waals surface area contributed by atoms with Gasteiger partial charge >= 0.3 is 5.97 Å². The summed E-state index contributed by atoms with van der Waals surface area (Å²) in [6.45, 7) is 6.83. The number of rotatable bonds is 5. The van der Waals surface area contributed by atoms with E-state index in [1.54, 1.807) is 32.2 Å². The molecule has 3 rings (SSSR count). The zero-order chi connectivity index (χ0) is 19.2. The molecule has 0 amide bonds. The van der Waals surface area contributed by atoms with Crippen molar-refractivity contribution in [3.8, 4) is 0 Å². The summed E-state index contributed by atoms with van der Waals surface area (Å²) in [4.78, 5) is 38.1. The van der Waals surface area contributed by atoms with Gasteiger partial charge in [0.25, 0.3) is 0 Å². The van der Waals surface area contributed by atoms with Crippen LogP contribution in [-0.2, 0) is 19.1 Å². The number of carbonyl (C=O) groups is 3. The van der Waals surface area contributed by atoms with E-state index in [2.05, 4.69) is 5.32 Å². The first-order valence-electron chi connectivity index (χ1n) is 8.83. The highest BCUT2D eigenvalue weighted by atomic mass is 16.6. The van der Waals surface area contributed by atoms with E-state index in [1.807, 2.05) is 6.92 Å². The van der Waals surface area contributed by atoms with Crippen LogP contribution in [0.4, 0.5) is 0 Å². The van der Waals surface area contributed by atoms with Crippen molar-refractivity contribution in [2.24, 2.45) is 5.92 Å². The predicted molar refractivity (Wildman–Crippen MR) is 94.7 cm³/mol. The van der Waals surface area contributed by atoms with Gasteiger partial charge in [-0.1, -0.05) is 13.8 Å². The van der Waals surface area contributed by atoms with Gasteiger partial charge in [-0.15, -0.1) is 0 Å². The average Bonchev–Trinajstić information content (AvgIpc) is 2.84. The van der Waals surface area contributed by atoms with E-state index in [0.717, 1.165) is 5.70 Å². The van der Waals surface area contributed by atoms with Gasteiger partial charge in [0, 0.05) is 35.4 Å². The summed E-state index contributed by atoms with van der Waals surface area (Å²) < 4.78 is 5.38. The predicted octanol–water partition coefficient (Wildman–Crippen LogP) is 1.86. The molecule has 6 heteroatoms. The molecule has 26 heavy (non-hydrogen) atoms. The van der Waals surface area contributed by atoms with Crippen LogP contribution in [0, 0.1) is 5.92 Å². The van der Waals surface area contributed by atoms with Crippen LogP contribution in [0.3, 0.4) is 0 Å². The molecule has 3 unspecified atom stereocenters. The standard InChI is InChI=1S/C20H23NO5/c1-5-10(2)17(23)16-15-8-12-7-13(6-11(3)22)21-9-14(12)18(24)20(15,4)26-19(16)25/h7-11,21-22H,5-6H2,1-4H3. The normalized spacial score (nSPS) is 26.7. The summed E-state index contributed by atoms with van der Waals surface area (Å²) >= 11 is 0. The summed E-state index contributed by atoms with van der Waals surface area (Å²) in [5.41, 5.74) is 0.611. The van der Waals surface area contributed by atoms with Gasteiger partial charge in [0.15, 0.2) is 11.4 Å². The van der Waals surface area contributed by atoms with Gasteiger partial charge in [-0.25, -0.2) is 4.79 Å². The second-order valence-electron chi connectivity index (χ2n) is 7.24. The van der Waals surface area contributed by atoms with E-state index >= 15 is 0 Å². The SMILES string of the molecule is CCC(C)C(=O)C1=C2C=C3C=C(CC(C)O)NC=C3C(=O)C2(C)OC1=O. The summed E-state index contributed by atoms with van der Waals surface area (Å²) in [5, 5.41) is 12.6. The smallest absolute Gasteiger partial charge is 0.343 e. The monoisotopic (exact) mass is 357 g/mol. The van der Waals surface area contributed by atoms with Crippen LogP contribution in [0.5, 0.6) is 0 Å². The van der Waals surface area contributed by atoms with Gasteiger partial charge in [-0.2, -0.15) is 0 Å². The number of Topliss-reactive ketones (excluding diaryl/α,β-unsaturated/α-hetero) is 2. The van der Waals surface area contributed by atoms with Crippen molar-refractivity contribution >= 4 is 17.5 Å². The molecule has 1 aliphatic carbocycles. The molecule has 2 heterocycles. The van der Waals surface area contributed by atoms with Gasteiger partial charge in [0.1, 0.15) is 5.57 Å². The topological polar surface area (TPSA) is 92.7 Å². The number of esters is 1. The Labute approximate surface area is 152 Å². The second-order valence-corrected chi connectivity index (χ2v) is 7.24. The van der Waals surface area contributed by atoms with Gasteiger partial charge < -0.3 is 15.2 Å². The Balaban J connectivity index is 2.14. The number of fused-ring (bicyclic) bond motifs is 2. The van der Waals surface area contributed by atoms with Gasteiger partial charge in [0.2, 0.25) is 5.78 Å². The first-order chi connectivity index (χ1) is 12.2. The fourth-order valence-electron chi connectivity index (χ4n) is 3.40. The number of allylic oxidation sites excluding steroid dienone is 2. The van der Waals surface area contributed by atoms with Gasteiger partial charge in [-0.05, 0) is 38.0 Å². The molecule has 0 aromatic rings.